The van der Waals surface area contributed by atoms with Crippen molar-refractivity contribution in [3.05, 3.63) is 29.8 Å². The molecule has 0 aliphatic carbocycles. The summed E-state index contributed by atoms with van der Waals surface area (Å²) in [5.41, 5.74) is 5.61. The highest BCUT2D eigenvalue weighted by Crippen LogP contribution is 2.21. The molecule has 19 heavy (non-hydrogen) atoms. The molecule has 0 heterocycles. The third kappa shape index (κ3) is 4.48. The summed E-state index contributed by atoms with van der Waals surface area (Å²) in [5, 5.41) is 0. The Kier molecular flexibility index (Phi) is 5.69. The minimum atomic E-state index is -2.96. The molecule has 0 radical (unpaired) electrons. The van der Waals surface area contributed by atoms with Crippen molar-refractivity contribution in [3.63, 3.8) is 0 Å². The zero-order valence-electron chi connectivity index (χ0n) is 11.0. The smallest absolute Gasteiger partial charge is 0.387 e. The molecular formula is C13H18F2N2O2. The van der Waals surface area contributed by atoms with Crippen molar-refractivity contribution in [3.8, 4) is 5.75 Å². The number of amides is 1. The Morgan fingerprint density at radius 2 is 2.05 bits per heavy atom. The van der Waals surface area contributed by atoms with Crippen molar-refractivity contribution in [1.29, 1.82) is 0 Å². The van der Waals surface area contributed by atoms with Crippen molar-refractivity contribution >= 4 is 5.91 Å². The van der Waals surface area contributed by atoms with Crippen molar-refractivity contribution in [2.24, 2.45) is 11.7 Å². The van der Waals surface area contributed by atoms with Crippen LogP contribution in [-0.2, 0) is 0 Å². The van der Waals surface area contributed by atoms with Crippen molar-refractivity contribution in [2.75, 3.05) is 20.1 Å². The number of ether oxygens (including phenoxy) is 1. The second kappa shape index (κ2) is 7.04. The van der Waals surface area contributed by atoms with E-state index in [2.05, 4.69) is 4.74 Å². The van der Waals surface area contributed by atoms with E-state index in [0.717, 1.165) is 0 Å². The van der Waals surface area contributed by atoms with Gasteiger partial charge in [-0.25, -0.2) is 0 Å². The summed E-state index contributed by atoms with van der Waals surface area (Å²) >= 11 is 0. The second-order valence-corrected chi connectivity index (χ2v) is 4.40. The highest BCUT2D eigenvalue weighted by molar-refractivity contribution is 5.96. The third-order valence-corrected chi connectivity index (χ3v) is 2.67. The number of hydrogen-bond donors (Lipinski definition) is 1. The van der Waals surface area contributed by atoms with Crippen LogP contribution in [0.15, 0.2) is 24.3 Å². The van der Waals surface area contributed by atoms with E-state index >= 15 is 0 Å². The predicted molar refractivity (Wildman–Crippen MR) is 68.3 cm³/mol. The lowest BCUT2D eigenvalue weighted by Gasteiger charge is -2.21. The van der Waals surface area contributed by atoms with Gasteiger partial charge in [0.25, 0.3) is 5.91 Å². The topological polar surface area (TPSA) is 55.6 Å². The Hall–Kier alpha value is -1.69. The van der Waals surface area contributed by atoms with Gasteiger partial charge >= 0.3 is 6.61 Å². The molecule has 0 spiro atoms. The molecule has 1 aromatic rings. The average molecular weight is 272 g/mol. The van der Waals surface area contributed by atoms with E-state index < -0.39 is 6.61 Å². The van der Waals surface area contributed by atoms with Gasteiger partial charge in [-0.2, -0.15) is 8.78 Å². The Bertz CT molecular complexity index is 427. The molecule has 1 aromatic carbocycles. The van der Waals surface area contributed by atoms with Gasteiger partial charge in [0.15, 0.2) is 0 Å². The first kappa shape index (κ1) is 15.4. The minimum absolute atomic E-state index is 0.116. The zero-order chi connectivity index (χ0) is 14.4. The number of hydrogen-bond acceptors (Lipinski definition) is 3. The molecule has 106 valence electrons. The monoisotopic (exact) mass is 272 g/mol. The van der Waals surface area contributed by atoms with Gasteiger partial charge in [0.05, 0.1) is 5.56 Å². The van der Waals surface area contributed by atoms with E-state index in [1.54, 1.807) is 13.1 Å². The van der Waals surface area contributed by atoms with E-state index in [4.69, 9.17) is 5.73 Å². The standard InChI is InChI=1S/C13H18F2N2O2/c1-9(7-16)8-17(2)12(18)10-5-3-4-6-11(10)19-13(14)15/h3-6,9,13H,7-8,16H2,1-2H3. The fourth-order valence-electron chi connectivity index (χ4n) is 1.67. The van der Waals surface area contributed by atoms with Crippen LogP contribution in [0, 0.1) is 5.92 Å². The van der Waals surface area contributed by atoms with Crippen LogP contribution in [-0.4, -0.2) is 37.6 Å². The molecular weight excluding hydrogens is 254 g/mol. The van der Waals surface area contributed by atoms with Gasteiger partial charge in [-0.05, 0) is 24.6 Å². The van der Waals surface area contributed by atoms with Crippen LogP contribution in [0.4, 0.5) is 8.78 Å². The summed E-state index contributed by atoms with van der Waals surface area (Å²) in [4.78, 5) is 13.6. The molecule has 1 atom stereocenters. The van der Waals surface area contributed by atoms with E-state index in [0.29, 0.717) is 13.1 Å². The maximum atomic E-state index is 12.3. The van der Waals surface area contributed by atoms with Crippen LogP contribution < -0.4 is 10.5 Å². The number of halogens is 2. The summed E-state index contributed by atoms with van der Waals surface area (Å²) in [6, 6.07) is 5.95. The van der Waals surface area contributed by atoms with Crippen molar-refractivity contribution in [1.82, 2.24) is 4.90 Å². The fourth-order valence-corrected chi connectivity index (χ4v) is 1.67. The highest BCUT2D eigenvalue weighted by Gasteiger charge is 2.19. The Labute approximate surface area is 111 Å². The number of nitrogens with zero attached hydrogens (tertiary/aromatic N) is 1. The van der Waals surface area contributed by atoms with Gasteiger partial charge in [0, 0.05) is 13.6 Å². The molecule has 1 rings (SSSR count). The first-order chi connectivity index (χ1) is 8.95. The summed E-state index contributed by atoms with van der Waals surface area (Å²) in [6.45, 7) is -0.140. The normalized spacial score (nSPS) is 12.3. The SMILES string of the molecule is CC(CN)CN(C)C(=O)c1ccccc1OC(F)F. The van der Waals surface area contributed by atoms with Gasteiger partial charge < -0.3 is 15.4 Å². The quantitative estimate of drug-likeness (QED) is 0.861. The van der Waals surface area contributed by atoms with Crippen molar-refractivity contribution in [2.45, 2.75) is 13.5 Å². The first-order valence-electron chi connectivity index (χ1n) is 5.95. The van der Waals surface area contributed by atoms with Crippen LogP contribution in [0.3, 0.4) is 0 Å². The minimum Gasteiger partial charge on any atom is -0.434 e. The number of nitrogens with two attached hydrogens (primary N) is 1. The lowest BCUT2D eigenvalue weighted by molar-refractivity contribution is -0.0502. The van der Waals surface area contributed by atoms with E-state index in [1.807, 2.05) is 6.92 Å². The van der Waals surface area contributed by atoms with Crippen LogP contribution in [0.1, 0.15) is 17.3 Å². The molecule has 4 nitrogen and oxygen atoms in total. The predicted octanol–water partition coefficient (Wildman–Crippen LogP) is 1.95. The van der Waals surface area contributed by atoms with Crippen LogP contribution in [0.25, 0.3) is 0 Å². The van der Waals surface area contributed by atoms with Gasteiger partial charge in [-0.1, -0.05) is 19.1 Å². The average Bonchev–Trinajstić information content (AvgIpc) is 2.37. The Balaban J connectivity index is 2.86. The van der Waals surface area contributed by atoms with E-state index in [-0.39, 0.29) is 23.1 Å². The fraction of sp³-hybridized carbons (Fsp3) is 0.462. The second-order valence-electron chi connectivity index (χ2n) is 4.40. The molecule has 0 saturated heterocycles. The number of carbonyl (C=O) groups excluding carboxylic acids is 1. The van der Waals surface area contributed by atoms with Gasteiger partial charge in [-0.15, -0.1) is 0 Å². The summed E-state index contributed by atoms with van der Waals surface area (Å²) < 4.78 is 28.9. The Morgan fingerprint density at radius 3 is 2.63 bits per heavy atom. The number of para-hydroxylation sites is 1. The summed E-state index contributed by atoms with van der Waals surface area (Å²) in [7, 11) is 1.60. The molecule has 0 aromatic heterocycles. The zero-order valence-corrected chi connectivity index (χ0v) is 11.0. The molecule has 0 saturated carbocycles. The van der Waals surface area contributed by atoms with Gasteiger partial charge in [-0.3, -0.25) is 4.79 Å². The maximum absolute atomic E-state index is 12.3. The van der Waals surface area contributed by atoms with Gasteiger partial charge in [0.1, 0.15) is 5.75 Å². The lowest BCUT2D eigenvalue weighted by atomic mass is 10.1. The molecule has 1 amide bonds. The number of carbonyl (C=O) groups is 1. The molecule has 0 bridgehead atoms. The summed E-state index contributed by atoms with van der Waals surface area (Å²) in [5.74, 6) is -0.344. The highest BCUT2D eigenvalue weighted by atomic mass is 19.3. The Morgan fingerprint density at radius 1 is 1.42 bits per heavy atom. The molecule has 0 fully saturated rings. The molecule has 0 aliphatic heterocycles. The van der Waals surface area contributed by atoms with Crippen molar-refractivity contribution < 1.29 is 18.3 Å². The number of rotatable bonds is 6. The lowest BCUT2D eigenvalue weighted by Crippen LogP contribution is -2.33. The van der Waals surface area contributed by atoms with Crippen LogP contribution >= 0.6 is 0 Å². The largest absolute Gasteiger partial charge is 0.434 e. The van der Waals surface area contributed by atoms with E-state index in [1.165, 1.54) is 23.1 Å². The first-order valence-corrected chi connectivity index (χ1v) is 5.95. The van der Waals surface area contributed by atoms with Crippen LogP contribution in [0.5, 0.6) is 5.75 Å². The van der Waals surface area contributed by atoms with E-state index in [9.17, 15) is 13.6 Å². The summed E-state index contributed by atoms with van der Waals surface area (Å²) in [6.07, 6.45) is 0. The van der Waals surface area contributed by atoms with Gasteiger partial charge in [0.2, 0.25) is 0 Å². The van der Waals surface area contributed by atoms with Crippen LogP contribution in [0.2, 0.25) is 0 Å². The maximum Gasteiger partial charge on any atom is 0.387 e. The number of benzene rings is 1. The molecule has 6 heteroatoms. The molecule has 1 unspecified atom stereocenters. The molecule has 0 aliphatic rings. The third-order valence-electron chi connectivity index (χ3n) is 2.67. The molecule has 2 N–H and O–H groups in total. The number of alkyl halides is 2.